The van der Waals surface area contributed by atoms with Gasteiger partial charge in [0.2, 0.25) is 0 Å². The predicted molar refractivity (Wildman–Crippen MR) is 75.7 cm³/mol. The second-order valence-electron chi connectivity index (χ2n) is 6.01. The van der Waals surface area contributed by atoms with Gasteiger partial charge in [0, 0.05) is 25.2 Å². The molecule has 2 heterocycles. The Labute approximate surface area is 119 Å². The third-order valence-corrected chi connectivity index (χ3v) is 4.53. The Morgan fingerprint density at radius 3 is 2.55 bits per heavy atom. The van der Waals surface area contributed by atoms with Crippen LogP contribution in [0.3, 0.4) is 0 Å². The fraction of sp³-hybridized carbons (Fsp3) is 0.625. The van der Waals surface area contributed by atoms with E-state index in [0.717, 1.165) is 37.7 Å². The zero-order valence-corrected chi connectivity index (χ0v) is 11.8. The molecular formula is C16H22F2N2. The molecule has 1 unspecified atom stereocenters. The van der Waals surface area contributed by atoms with Gasteiger partial charge < -0.3 is 4.90 Å². The van der Waals surface area contributed by atoms with E-state index in [1.54, 1.807) is 0 Å². The van der Waals surface area contributed by atoms with E-state index in [1.165, 1.54) is 44.5 Å². The van der Waals surface area contributed by atoms with Crippen LogP contribution >= 0.6 is 0 Å². The third-order valence-electron chi connectivity index (χ3n) is 4.53. The van der Waals surface area contributed by atoms with E-state index in [9.17, 15) is 8.78 Å². The summed E-state index contributed by atoms with van der Waals surface area (Å²) in [6.45, 7) is 5.55. The molecule has 20 heavy (non-hydrogen) atoms. The summed E-state index contributed by atoms with van der Waals surface area (Å²) in [6.07, 6.45) is 4.54. The molecule has 2 nitrogen and oxygen atoms in total. The Hall–Kier alpha value is -1.00. The van der Waals surface area contributed by atoms with Gasteiger partial charge in [-0.2, -0.15) is 0 Å². The summed E-state index contributed by atoms with van der Waals surface area (Å²) in [5.41, 5.74) is 0.759. The Morgan fingerprint density at radius 1 is 1.00 bits per heavy atom. The first-order valence-electron chi connectivity index (χ1n) is 7.62. The number of halogens is 2. The summed E-state index contributed by atoms with van der Waals surface area (Å²) >= 11 is 0. The molecule has 1 aromatic rings. The second kappa shape index (κ2) is 6.19. The van der Waals surface area contributed by atoms with Crippen LogP contribution in [0.1, 0.15) is 24.8 Å². The van der Waals surface area contributed by atoms with Crippen LogP contribution in [0, 0.1) is 11.6 Å². The van der Waals surface area contributed by atoms with Gasteiger partial charge in [-0.1, -0.05) is 0 Å². The molecule has 1 atom stereocenters. The topological polar surface area (TPSA) is 6.48 Å². The summed E-state index contributed by atoms with van der Waals surface area (Å²) < 4.78 is 26.3. The van der Waals surface area contributed by atoms with E-state index in [0.29, 0.717) is 6.04 Å². The lowest BCUT2D eigenvalue weighted by Gasteiger charge is -2.25. The van der Waals surface area contributed by atoms with Gasteiger partial charge in [-0.05, 0) is 63.0 Å². The van der Waals surface area contributed by atoms with Crippen molar-refractivity contribution in [3.8, 4) is 0 Å². The predicted octanol–water partition coefficient (Wildman–Crippen LogP) is 2.68. The van der Waals surface area contributed by atoms with Crippen molar-refractivity contribution in [3.63, 3.8) is 0 Å². The van der Waals surface area contributed by atoms with Crippen molar-refractivity contribution in [2.45, 2.75) is 31.7 Å². The maximum Gasteiger partial charge on any atom is 0.126 e. The molecule has 4 heteroatoms. The van der Waals surface area contributed by atoms with Gasteiger partial charge in [0.25, 0.3) is 0 Å². The second-order valence-corrected chi connectivity index (χ2v) is 6.01. The first kappa shape index (κ1) is 14.0. The van der Waals surface area contributed by atoms with E-state index in [1.807, 2.05) is 0 Å². The van der Waals surface area contributed by atoms with Gasteiger partial charge in [0.05, 0.1) is 0 Å². The molecule has 1 aromatic carbocycles. The molecule has 3 rings (SSSR count). The average molecular weight is 280 g/mol. The molecule has 110 valence electrons. The average Bonchev–Trinajstić information content (AvgIpc) is 2.73. The summed E-state index contributed by atoms with van der Waals surface area (Å²) in [7, 11) is 0. The molecule has 0 radical (unpaired) electrons. The van der Waals surface area contributed by atoms with Crippen LogP contribution < -0.4 is 0 Å². The zero-order chi connectivity index (χ0) is 13.9. The van der Waals surface area contributed by atoms with Crippen molar-refractivity contribution in [1.29, 1.82) is 0 Å². The molecule has 0 N–H and O–H groups in total. The van der Waals surface area contributed by atoms with Crippen LogP contribution in [-0.4, -0.2) is 48.6 Å². The highest BCUT2D eigenvalue weighted by Gasteiger charge is 2.28. The van der Waals surface area contributed by atoms with Gasteiger partial charge in [-0.15, -0.1) is 0 Å². The zero-order valence-electron chi connectivity index (χ0n) is 11.8. The van der Waals surface area contributed by atoms with Crippen LogP contribution in [0.15, 0.2) is 18.2 Å². The van der Waals surface area contributed by atoms with Gasteiger partial charge in [0.15, 0.2) is 0 Å². The van der Waals surface area contributed by atoms with Crippen LogP contribution in [0.4, 0.5) is 8.78 Å². The monoisotopic (exact) mass is 280 g/mol. The Bertz CT molecular complexity index is 444. The van der Waals surface area contributed by atoms with Crippen molar-refractivity contribution in [3.05, 3.63) is 35.4 Å². The summed E-state index contributed by atoms with van der Waals surface area (Å²) in [4.78, 5) is 5.06. The Balaban J connectivity index is 1.57. The minimum Gasteiger partial charge on any atom is -0.301 e. The lowest BCUT2D eigenvalue weighted by molar-refractivity contribution is 0.221. The quantitative estimate of drug-likeness (QED) is 0.840. The maximum atomic E-state index is 13.2. The lowest BCUT2D eigenvalue weighted by Crippen LogP contribution is -2.37. The molecule has 2 saturated heterocycles. The molecule has 2 aliphatic heterocycles. The van der Waals surface area contributed by atoms with Crippen molar-refractivity contribution >= 4 is 0 Å². The number of benzene rings is 1. The molecule has 0 spiro atoms. The van der Waals surface area contributed by atoms with Crippen molar-refractivity contribution < 1.29 is 8.78 Å². The minimum atomic E-state index is -0.474. The Kier molecular flexibility index (Phi) is 4.32. The molecule has 0 bridgehead atoms. The van der Waals surface area contributed by atoms with Crippen LogP contribution in [0.2, 0.25) is 0 Å². The Morgan fingerprint density at radius 2 is 1.75 bits per heavy atom. The molecule has 0 aromatic heterocycles. The van der Waals surface area contributed by atoms with Gasteiger partial charge >= 0.3 is 0 Å². The van der Waals surface area contributed by atoms with E-state index in [-0.39, 0.29) is 0 Å². The maximum absolute atomic E-state index is 13.2. The highest BCUT2D eigenvalue weighted by atomic mass is 19.1. The number of hydrogen-bond donors (Lipinski definition) is 0. The van der Waals surface area contributed by atoms with Gasteiger partial charge in [-0.3, -0.25) is 4.90 Å². The largest absolute Gasteiger partial charge is 0.301 e. The summed E-state index contributed by atoms with van der Waals surface area (Å²) in [5.74, 6) is -0.948. The fourth-order valence-electron chi connectivity index (χ4n) is 3.53. The van der Waals surface area contributed by atoms with E-state index in [2.05, 4.69) is 9.80 Å². The molecule has 0 amide bonds. The minimum absolute atomic E-state index is 0.474. The van der Waals surface area contributed by atoms with Crippen LogP contribution in [-0.2, 0) is 6.42 Å². The number of nitrogens with zero attached hydrogens (tertiary/aromatic N) is 2. The fourth-order valence-corrected chi connectivity index (χ4v) is 3.53. The number of fused-ring (bicyclic) bond motifs is 1. The van der Waals surface area contributed by atoms with E-state index >= 15 is 0 Å². The van der Waals surface area contributed by atoms with Crippen molar-refractivity contribution in [1.82, 2.24) is 9.80 Å². The summed E-state index contributed by atoms with van der Waals surface area (Å²) in [6, 6.07) is 4.53. The summed E-state index contributed by atoms with van der Waals surface area (Å²) in [5, 5.41) is 0. The molecule has 2 fully saturated rings. The van der Waals surface area contributed by atoms with Crippen LogP contribution in [0.25, 0.3) is 0 Å². The van der Waals surface area contributed by atoms with Crippen molar-refractivity contribution in [2.24, 2.45) is 0 Å². The van der Waals surface area contributed by atoms with Gasteiger partial charge in [0.1, 0.15) is 11.6 Å². The van der Waals surface area contributed by atoms with E-state index < -0.39 is 11.6 Å². The first-order chi connectivity index (χ1) is 9.70. The normalized spacial score (nSPS) is 24.6. The first-order valence-corrected chi connectivity index (χ1v) is 7.62. The number of hydrogen-bond acceptors (Lipinski definition) is 2. The SMILES string of the molecule is Fc1cc(F)cc(CCN2CCCN3CCCC3C2)c1. The van der Waals surface area contributed by atoms with E-state index in [4.69, 9.17) is 0 Å². The third kappa shape index (κ3) is 3.36. The molecule has 0 aliphatic carbocycles. The number of rotatable bonds is 3. The highest BCUT2D eigenvalue weighted by molar-refractivity contribution is 5.18. The van der Waals surface area contributed by atoms with Crippen molar-refractivity contribution in [2.75, 3.05) is 32.7 Å². The molecule has 2 aliphatic rings. The smallest absolute Gasteiger partial charge is 0.126 e. The standard InChI is InChI=1S/C16H22F2N2/c17-14-9-13(10-15(18)11-14)4-8-19-5-2-7-20-6-1-3-16(20)12-19/h9-11,16H,1-8,12H2. The lowest BCUT2D eigenvalue weighted by atomic mass is 10.1. The molecule has 0 saturated carbocycles. The van der Waals surface area contributed by atoms with Crippen LogP contribution in [0.5, 0.6) is 0 Å². The molecular weight excluding hydrogens is 258 g/mol. The highest BCUT2D eigenvalue weighted by Crippen LogP contribution is 2.21. The van der Waals surface area contributed by atoms with Gasteiger partial charge in [-0.25, -0.2) is 8.78 Å².